The SMILES string of the molecule is CC[C@H]1[C@@H]2C[C@H]3[C@@H]4N(C)c5ccccc5[C@]45C[C@@H](C2[C@H]5O)[NH+]3[C@@H]1O. The molecule has 1 spiro atoms. The smallest absolute Gasteiger partial charge is 0.192 e. The Hall–Kier alpha value is -1.10. The topological polar surface area (TPSA) is 48.1 Å². The van der Waals surface area contributed by atoms with E-state index in [9.17, 15) is 10.2 Å². The first-order valence-corrected chi connectivity index (χ1v) is 9.66. The van der Waals surface area contributed by atoms with Crippen LogP contribution in [0.4, 0.5) is 5.69 Å². The lowest BCUT2D eigenvalue weighted by Crippen LogP contribution is -3.29. The first-order valence-electron chi connectivity index (χ1n) is 9.66. The van der Waals surface area contributed by atoms with Crippen LogP contribution in [0, 0.1) is 17.8 Å². The van der Waals surface area contributed by atoms with Gasteiger partial charge >= 0.3 is 0 Å². The minimum atomic E-state index is -0.257. The second-order valence-electron chi connectivity index (χ2n) is 8.97. The van der Waals surface area contributed by atoms with E-state index in [1.54, 1.807) is 0 Å². The fraction of sp³-hybridized carbons (Fsp3) is 0.700. The summed E-state index contributed by atoms with van der Waals surface area (Å²) in [5.41, 5.74) is 2.56. The Balaban J connectivity index is 1.60. The van der Waals surface area contributed by atoms with E-state index in [4.69, 9.17) is 0 Å². The molecule has 10 atom stereocenters. The molecule has 0 aromatic heterocycles. The van der Waals surface area contributed by atoms with Crippen LogP contribution < -0.4 is 9.80 Å². The molecule has 5 heterocycles. The Labute approximate surface area is 143 Å². The van der Waals surface area contributed by atoms with Crippen molar-refractivity contribution in [2.75, 3.05) is 11.9 Å². The zero-order valence-corrected chi connectivity index (χ0v) is 14.4. The molecular formula is C20H27N2O2+. The van der Waals surface area contributed by atoms with E-state index in [1.807, 2.05) is 0 Å². The van der Waals surface area contributed by atoms with E-state index >= 15 is 0 Å². The van der Waals surface area contributed by atoms with E-state index in [-0.39, 0.29) is 17.7 Å². The van der Waals surface area contributed by atoms with E-state index in [0.717, 1.165) is 12.8 Å². The number of fused-ring (bicyclic) bond motifs is 2. The van der Waals surface area contributed by atoms with Gasteiger partial charge in [0.05, 0.1) is 23.6 Å². The normalized spacial score (nSPS) is 55.8. The van der Waals surface area contributed by atoms with Gasteiger partial charge in [0, 0.05) is 37.4 Å². The van der Waals surface area contributed by atoms with E-state index in [2.05, 4.69) is 43.1 Å². The average Bonchev–Trinajstić information content (AvgIpc) is 2.97. The summed E-state index contributed by atoms with van der Waals surface area (Å²) in [7, 11) is 2.20. The molecule has 1 aliphatic carbocycles. The Morgan fingerprint density at radius 1 is 1.25 bits per heavy atom. The number of benzene rings is 1. The van der Waals surface area contributed by atoms with Gasteiger partial charge in [0.25, 0.3) is 0 Å². The quantitative estimate of drug-likeness (QED) is 0.688. The molecule has 5 bridgehead atoms. The number of nitrogens with zero attached hydrogens (tertiary/aromatic N) is 1. The van der Waals surface area contributed by atoms with Gasteiger partial charge in [-0.25, -0.2) is 0 Å². The van der Waals surface area contributed by atoms with Crippen LogP contribution in [0.25, 0.3) is 0 Å². The number of hydrogen-bond acceptors (Lipinski definition) is 3. The van der Waals surface area contributed by atoms with Crippen molar-refractivity contribution in [2.45, 2.75) is 62.1 Å². The lowest BCUT2D eigenvalue weighted by Gasteiger charge is -2.59. The molecule has 24 heavy (non-hydrogen) atoms. The van der Waals surface area contributed by atoms with Gasteiger partial charge < -0.3 is 20.0 Å². The molecular weight excluding hydrogens is 300 g/mol. The summed E-state index contributed by atoms with van der Waals surface area (Å²) in [6.45, 7) is 2.20. The molecule has 0 amide bonds. The number of rotatable bonds is 1. The third kappa shape index (κ3) is 1.20. The second kappa shape index (κ2) is 4.17. The minimum absolute atomic E-state index is 0.105. The predicted octanol–water partition coefficient (Wildman–Crippen LogP) is 0.137. The van der Waals surface area contributed by atoms with Crippen molar-refractivity contribution in [3.63, 3.8) is 0 Å². The highest BCUT2D eigenvalue weighted by molar-refractivity contribution is 5.66. The lowest BCUT2D eigenvalue weighted by atomic mass is 9.62. The van der Waals surface area contributed by atoms with Gasteiger partial charge in [0.2, 0.25) is 0 Å². The molecule has 0 radical (unpaired) electrons. The molecule has 4 saturated heterocycles. The highest BCUT2D eigenvalue weighted by Crippen LogP contribution is 2.63. The second-order valence-corrected chi connectivity index (χ2v) is 8.97. The predicted molar refractivity (Wildman–Crippen MR) is 90.9 cm³/mol. The van der Waals surface area contributed by atoms with Crippen LogP contribution in [0.5, 0.6) is 0 Å². The molecule has 4 heteroatoms. The van der Waals surface area contributed by atoms with E-state index < -0.39 is 0 Å². The highest BCUT2D eigenvalue weighted by atomic mass is 16.3. The summed E-state index contributed by atoms with van der Waals surface area (Å²) in [6, 6.07) is 9.94. The Bertz CT molecular complexity index is 723. The first-order chi connectivity index (χ1) is 11.6. The van der Waals surface area contributed by atoms with Gasteiger partial charge in [-0.05, 0) is 24.0 Å². The maximum Gasteiger partial charge on any atom is 0.192 e. The Morgan fingerprint density at radius 2 is 2.04 bits per heavy atom. The average molecular weight is 327 g/mol. The number of anilines is 1. The molecule has 1 aromatic rings. The number of aliphatic hydroxyl groups is 2. The fourth-order valence-corrected chi connectivity index (χ4v) is 8.16. The van der Waals surface area contributed by atoms with Gasteiger partial charge in [-0.2, -0.15) is 0 Å². The van der Waals surface area contributed by atoms with Gasteiger partial charge in [-0.3, -0.25) is 0 Å². The molecule has 6 aliphatic rings. The standard InChI is InChI=1S/C20H26N2O2/c1-3-10-11-8-14-17-20(12-6-4-5-7-13(12)21(17)2)9-15(16(11)18(20)23)22(14)19(10)24/h4-7,10-11,14-19,23-24H,3,8-9H2,1-2H3/p+1/t10-,11-,14-,15-,16?,17-,18+,19+,20+/m0/s1. The molecule has 128 valence electrons. The maximum absolute atomic E-state index is 11.6. The molecule has 5 aliphatic heterocycles. The highest BCUT2D eigenvalue weighted by Gasteiger charge is 2.79. The third-order valence-electron chi connectivity index (χ3n) is 8.67. The van der Waals surface area contributed by atoms with Gasteiger partial charge in [0.15, 0.2) is 6.23 Å². The fourth-order valence-electron chi connectivity index (χ4n) is 8.16. The van der Waals surface area contributed by atoms with Gasteiger partial charge in [0.1, 0.15) is 6.04 Å². The molecule has 3 N–H and O–H groups in total. The van der Waals surface area contributed by atoms with Crippen LogP contribution in [0.1, 0.15) is 31.7 Å². The molecule has 2 unspecified atom stereocenters. The summed E-state index contributed by atoms with van der Waals surface area (Å²) >= 11 is 0. The Morgan fingerprint density at radius 3 is 2.83 bits per heavy atom. The zero-order valence-electron chi connectivity index (χ0n) is 14.4. The minimum Gasteiger partial charge on any atom is -0.392 e. The summed E-state index contributed by atoms with van der Waals surface area (Å²) in [5.74, 6) is 1.23. The zero-order chi connectivity index (χ0) is 16.4. The van der Waals surface area contributed by atoms with Crippen molar-refractivity contribution in [2.24, 2.45) is 17.8 Å². The summed E-state index contributed by atoms with van der Waals surface area (Å²) in [5, 5.41) is 22.7. The van der Waals surface area contributed by atoms with Gasteiger partial charge in [-0.1, -0.05) is 25.1 Å². The van der Waals surface area contributed by atoms with Crippen molar-refractivity contribution >= 4 is 5.69 Å². The molecule has 4 nitrogen and oxygen atoms in total. The van der Waals surface area contributed by atoms with Crippen LogP contribution in [-0.4, -0.2) is 47.7 Å². The van der Waals surface area contributed by atoms with Crippen molar-refractivity contribution in [3.05, 3.63) is 29.8 Å². The van der Waals surface area contributed by atoms with Crippen molar-refractivity contribution < 1.29 is 15.1 Å². The lowest BCUT2D eigenvalue weighted by molar-refractivity contribution is -1.02. The molecule has 1 aromatic carbocycles. The summed E-state index contributed by atoms with van der Waals surface area (Å²) in [4.78, 5) is 3.84. The summed E-state index contributed by atoms with van der Waals surface area (Å²) < 4.78 is 0. The molecule has 1 saturated carbocycles. The van der Waals surface area contributed by atoms with Crippen LogP contribution >= 0.6 is 0 Å². The summed E-state index contributed by atoms with van der Waals surface area (Å²) in [6.07, 6.45) is 2.75. The van der Waals surface area contributed by atoms with Crippen LogP contribution in [0.3, 0.4) is 0 Å². The number of aliphatic hydroxyl groups excluding tert-OH is 2. The van der Waals surface area contributed by atoms with Crippen LogP contribution in [0.2, 0.25) is 0 Å². The van der Waals surface area contributed by atoms with Crippen LogP contribution in [-0.2, 0) is 5.41 Å². The Kier molecular flexibility index (Phi) is 2.45. The van der Waals surface area contributed by atoms with E-state index in [1.165, 1.54) is 22.6 Å². The third-order valence-corrected chi connectivity index (χ3v) is 8.67. The number of para-hydroxylation sites is 1. The number of quaternary nitrogens is 1. The van der Waals surface area contributed by atoms with Crippen molar-refractivity contribution in [1.29, 1.82) is 0 Å². The maximum atomic E-state index is 11.6. The van der Waals surface area contributed by atoms with Gasteiger partial charge in [-0.15, -0.1) is 0 Å². The number of likely N-dealkylation sites (N-methyl/N-ethyl adjacent to an activating group) is 1. The van der Waals surface area contributed by atoms with E-state index in [0.29, 0.717) is 35.9 Å². The molecule has 7 rings (SSSR count). The number of piperidine rings is 4. The number of hydrogen-bond donors (Lipinski definition) is 3. The molecule has 5 fully saturated rings. The first kappa shape index (κ1) is 14.1. The van der Waals surface area contributed by atoms with Crippen LogP contribution in [0.15, 0.2) is 24.3 Å². The van der Waals surface area contributed by atoms with Crippen molar-refractivity contribution in [3.8, 4) is 0 Å². The largest absolute Gasteiger partial charge is 0.392 e. The number of nitrogens with one attached hydrogen (secondary N) is 1. The monoisotopic (exact) mass is 327 g/mol. The van der Waals surface area contributed by atoms with Crippen molar-refractivity contribution in [1.82, 2.24) is 0 Å².